The van der Waals surface area contributed by atoms with Crippen molar-refractivity contribution in [2.45, 2.75) is 6.92 Å². The summed E-state index contributed by atoms with van der Waals surface area (Å²) in [5.41, 5.74) is 9.96. The normalized spacial score (nSPS) is 10.5. The highest BCUT2D eigenvalue weighted by Crippen LogP contribution is 2.07. The van der Waals surface area contributed by atoms with Gasteiger partial charge in [-0.1, -0.05) is 42.0 Å². The Kier molecular flexibility index (Phi) is 4.46. The monoisotopic (exact) mass is 281 g/mol. The molecule has 2 rings (SSSR count). The topological polar surface area (TPSA) is 84.6 Å². The van der Waals surface area contributed by atoms with Gasteiger partial charge in [-0.3, -0.25) is 9.59 Å². The number of rotatable bonds is 4. The van der Waals surface area contributed by atoms with Gasteiger partial charge in [0.05, 0.1) is 17.3 Å². The molecule has 2 aromatic rings. The van der Waals surface area contributed by atoms with Gasteiger partial charge in [0.15, 0.2) is 0 Å². The molecule has 5 nitrogen and oxygen atoms in total. The minimum Gasteiger partial charge on any atom is -0.366 e. The smallest absolute Gasteiger partial charge is 0.272 e. The van der Waals surface area contributed by atoms with Gasteiger partial charge in [0, 0.05) is 0 Å². The Balaban J connectivity index is 2.11. The molecule has 0 fully saturated rings. The Morgan fingerprint density at radius 3 is 2.48 bits per heavy atom. The molecule has 0 aromatic heterocycles. The summed E-state index contributed by atoms with van der Waals surface area (Å²) < 4.78 is 0. The van der Waals surface area contributed by atoms with Crippen LogP contribution < -0.4 is 11.2 Å². The summed E-state index contributed by atoms with van der Waals surface area (Å²) in [5, 5.41) is 3.88. The van der Waals surface area contributed by atoms with E-state index in [1.807, 2.05) is 31.2 Å². The van der Waals surface area contributed by atoms with Gasteiger partial charge < -0.3 is 5.73 Å². The Morgan fingerprint density at radius 2 is 1.81 bits per heavy atom. The molecule has 0 aliphatic carbocycles. The van der Waals surface area contributed by atoms with Crippen molar-refractivity contribution in [3.8, 4) is 0 Å². The number of hydrazone groups is 1. The lowest BCUT2D eigenvalue weighted by atomic mass is 10.1. The van der Waals surface area contributed by atoms with Crippen molar-refractivity contribution in [3.05, 3.63) is 70.8 Å². The van der Waals surface area contributed by atoms with Gasteiger partial charge in [-0.15, -0.1) is 0 Å². The van der Waals surface area contributed by atoms with E-state index in [-0.39, 0.29) is 11.1 Å². The van der Waals surface area contributed by atoms with E-state index in [4.69, 9.17) is 5.73 Å². The number of carbonyl (C=O) groups excluding carboxylic acids is 2. The summed E-state index contributed by atoms with van der Waals surface area (Å²) in [4.78, 5) is 23.3. The highest BCUT2D eigenvalue weighted by atomic mass is 16.2. The maximum absolute atomic E-state index is 12.0. The largest absolute Gasteiger partial charge is 0.366 e. The first kappa shape index (κ1) is 14.5. The van der Waals surface area contributed by atoms with E-state index in [2.05, 4.69) is 10.5 Å². The Morgan fingerprint density at radius 1 is 1.10 bits per heavy atom. The van der Waals surface area contributed by atoms with Crippen LogP contribution in [0.25, 0.3) is 0 Å². The molecule has 0 spiro atoms. The van der Waals surface area contributed by atoms with Gasteiger partial charge >= 0.3 is 0 Å². The van der Waals surface area contributed by atoms with Crippen molar-refractivity contribution >= 4 is 18.0 Å². The third-order valence-corrected chi connectivity index (χ3v) is 2.86. The zero-order valence-electron chi connectivity index (χ0n) is 11.5. The molecule has 0 aliphatic rings. The van der Waals surface area contributed by atoms with Crippen molar-refractivity contribution < 1.29 is 9.59 Å². The quantitative estimate of drug-likeness (QED) is 0.662. The van der Waals surface area contributed by atoms with Crippen LogP contribution in [0.1, 0.15) is 31.8 Å². The van der Waals surface area contributed by atoms with E-state index in [1.54, 1.807) is 12.1 Å². The maximum atomic E-state index is 12.0. The second-order valence-corrected chi connectivity index (χ2v) is 4.52. The predicted molar refractivity (Wildman–Crippen MR) is 81.2 cm³/mol. The van der Waals surface area contributed by atoms with E-state index in [0.717, 1.165) is 11.1 Å². The van der Waals surface area contributed by atoms with Crippen molar-refractivity contribution in [3.63, 3.8) is 0 Å². The molecule has 0 bridgehead atoms. The van der Waals surface area contributed by atoms with E-state index >= 15 is 0 Å². The summed E-state index contributed by atoms with van der Waals surface area (Å²) in [6.45, 7) is 1.97. The lowest BCUT2D eigenvalue weighted by molar-refractivity contribution is 0.0937. The number of hydrogen-bond donors (Lipinski definition) is 2. The molecule has 2 amide bonds. The van der Waals surface area contributed by atoms with Crippen LogP contribution in [0.3, 0.4) is 0 Å². The Bertz CT molecular complexity index is 708. The Hall–Kier alpha value is -2.95. The molecule has 21 heavy (non-hydrogen) atoms. The fourth-order valence-corrected chi connectivity index (χ4v) is 1.87. The first-order chi connectivity index (χ1) is 10.1. The molecule has 0 atom stereocenters. The third-order valence-electron chi connectivity index (χ3n) is 2.86. The summed E-state index contributed by atoms with van der Waals surface area (Å²) in [6, 6.07) is 14.0. The molecule has 0 heterocycles. The number of amides is 2. The molecule has 0 radical (unpaired) electrons. The standard InChI is InChI=1S/C16H15N3O2/c1-11-5-4-6-12(9-11)10-18-19-16(21)14-8-3-2-7-13(14)15(17)20/h2-10H,1H3,(H2,17,20)(H,19,21). The average Bonchev–Trinajstić information content (AvgIpc) is 2.47. The summed E-state index contributed by atoms with van der Waals surface area (Å²) >= 11 is 0. The predicted octanol–water partition coefficient (Wildman–Crippen LogP) is 1.86. The second-order valence-electron chi connectivity index (χ2n) is 4.52. The summed E-state index contributed by atoms with van der Waals surface area (Å²) in [5.74, 6) is -1.13. The highest BCUT2D eigenvalue weighted by Gasteiger charge is 2.13. The zero-order valence-corrected chi connectivity index (χ0v) is 11.5. The average molecular weight is 281 g/mol. The molecule has 0 aliphatic heterocycles. The van der Waals surface area contributed by atoms with Crippen molar-refractivity contribution in [2.75, 3.05) is 0 Å². The first-order valence-electron chi connectivity index (χ1n) is 6.37. The minimum absolute atomic E-state index is 0.167. The van der Waals surface area contributed by atoms with Gasteiger partial charge in [-0.05, 0) is 24.6 Å². The summed E-state index contributed by atoms with van der Waals surface area (Å²) in [6.07, 6.45) is 1.54. The molecule has 106 valence electrons. The number of benzene rings is 2. The summed E-state index contributed by atoms with van der Waals surface area (Å²) in [7, 11) is 0. The van der Waals surface area contributed by atoms with Crippen LogP contribution in [0.5, 0.6) is 0 Å². The van der Waals surface area contributed by atoms with Gasteiger partial charge in [0.2, 0.25) is 5.91 Å². The lowest BCUT2D eigenvalue weighted by Crippen LogP contribution is -2.23. The van der Waals surface area contributed by atoms with Crippen LogP contribution in [-0.4, -0.2) is 18.0 Å². The second kappa shape index (κ2) is 6.47. The van der Waals surface area contributed by atoms with Gasteiger partial charge in [0.25, 0.3) is 5.91 Å². The van der Waals surface area contributed by atoms with Gasteiger partial charge in [0.1, 0.15) is 0 Å². The number of nitrogens with one attached hydrogen (secondary N) is 1. The van der Waals surface area contributed by atoms with Crippen molar-refractivity contribution in [1.82, 2.24) is 5.43 Å². The first-order valence-corrected chi connectivity index (χ1v) is 6.37. The SMILES string of the molecule is Cc1cccc(C=NNC(=O)c2ccccc2C(N)=O)c1. The lowest BCUT2D eigenvalue weighted by Gasteiger charge is -2.04. The van der Waals surface area contributed by atoms with Gasteiger partial charge in [-0.25, -0.2) is 5.43 Å². The maximum Gasteiger partial charge on any atom is 0.272 e. The molecule has 2 aromatic carbocycles. The van der Waals surface area contributed by atoms with Crippen LogP contribution in [0.2, 0.25) is 0 Å². The van der Waals surface area contributed by atoms with E-state index < -0.39 is 11.8 Å². The van der Waals surface area contributed by atoms with E-state index in [9.17, 15) is 9.59 Å². The van der Waals surface area contributed by atoms with Crippen LogP contribution in [0, 0.1) is 6.92 Å². The minimum atomic E-state index is -0.650. The van der Waals surface area contributed by atoms with Crippen LogP contribution in [0.15, 0.2) is 53.6 Å². The fourth-order valence-electron chi connectivity index (χ4n) is 1.87. The van der Waals surface area contributed by atoms with Crippen molar-refractivity contribution in [1.29, 1.82) is 0 Å². The van der Waals surface area contributed by atoms with E-state index in [0.29, 0.717) is 0 Å². The molecule has 5 heteroatoms. The molecule has 0 unspecified atom stereocenters. The molecule has 0 saturated heterocycles. The van der Waals surface area contributed by atoms with Crippen LogP contribution in [-0.2, 0) is 0 Å². The fraction of sp³-hybridized carbons (Fsp3) is 0.0625. The number of nitrogens with zero attached hydrogens (tertiary/aromatic N) is 1. The number of carbonyl (C=O) groups is 2. The Labute approximate surface area is 122 Å². The molecular weight excluding hydrogens is 266 g/mol. The van der Waals surface area contributed by atoms with Gasteiger partial charge in [-0.2, -0.15) is 5.10 Å². The zero-order chi connectivity index (χ0) is 15.2. The number of nitrogens with two attached hydrogens (primary N) is 1. The van der Waals surface area contributed by atoms with Crippen LogP contribution in [0.4, 0.5) is 0 Å². The number of primary amides is 1. The molecule has 0 saturated carbocycles. The number of hydrogen-bond acceptors (Lipinski definition) is 3. The van der Waals surface area contributed by atoms with Crippen molar-refractivity contribution in [2.24, 2.45) is 10.8 Å². The molecular formula is C16H15N3O2. The third kappa shape index (κ3) is 3.76. The highest BCUT2D eigenvalue weighted by molar-refractivity contribution is 6.06. The molecule has 3 N–H and O–H groups in total. The number of aryl methyl sites for hydroxylation is 1. The van der Waals surface area contributed by atoms with E-state index in [1.165, 1.54) is 18.3 Å². The van der Waals surface area contributed by atoms with Crippen LogP contribution >= 0.6 is 0 Å².